The molecule has 0 heterocycles. The summed E-state index contributed by atoms with van der Waals surface area (Å²) in [4.78, 5) is 0. The lowest BCUT2D eigenvalue weighted by Crippen LogP contribution is -2.00. The fourth-order valence-corrected chi connectivity index (χ4v) is 5.44. The number of phenols is 6. The van der Waals surface area contributed by atoms with Gasteiger partial charge in [0, 0.05) is 38.6 Å². The molecule has 7 heteroatoms. The Morgan fingerprint density at radius 2 is 1.08 bits per heavy atom. The van der Waals surface area contributed by atoms with Crippen LogP contribution in [-0.4, -0.2) is 35.7 Å². The maximum atomic E-state index is 11.6. The molecular weight excluding hydrogens is 460 g/mol. The number of aryl methyl sites for hydroxylation is 2. The van der Waals surface area contributed by atoms with Gasteiger partial charge in [0.15, 0.2) is 23.0 Å². The molecule has 190 valence electrons. The number of aromatic hydroxyl groups is 6. The van der Waals surface area contributed by atoms with Crippen molar-refractivity contribution in [1.82, 2.24) is 0 Å². The van der Waals surface area contributed by atoms with Crippen LogP contribution in [0.4, 0.5) is 0 Å². The summed E-state index contributed by atoms with van der Waals surface area (Å²) >= 11 is 0. The predicted octanol–water partition coefficient (Wildman–Crippen LogP) is 6.25. The van der Waals surface area contributed by atoms with E-state index in [1.807, 2.05) is 27.7 Å². The minimum Gasteiger partial charge on any atom is -0.507 e. The van der Waals surface area contributed by atoms with Gasteiger partial charge in [-0.2, -0.15) is 0 Å². The molecule has 0 aromatic heterocycles. The Morgan fingerprint density at radius 3 is 1.61 bits per heavy atom. The van der Waals surface area contributed by atoms with E-state index in [-0.39, 0.29) is 51.5 Å². The van der Waals surface area contributed by atoms with Gasteiger partial charge in [0.2, 0.25) is 0 Å². The molecule has 0 bridgehead atoms. The molecule has 7 nitrogen and oxygen atoms in total. The van der Waals surface area contributed by atoms with E-state index >= 15 is 0 Å². The van der Waals surface area contributed by atoms with Gasteiger partial charge in [-0.15, -0.1) is 0 Å². The minimum absolute atomic E-state index is 0.0201. The van der Waals surface area contributed by atoms with Gasteiger partial charge in [-0.25, -0.2) is 0 Å². The van der Waals surface area contributed by atoms with Gasteiger partial charge in [0.1, 0.15) is 11.5 Å². The van der Waals surface area contributed by atoms with Crippen molar-refractivity contribution >= 4 is 21.5 Å². The third-order valence-electron chi connectivity index (χ3n) is 7.02. The Kier molecular flexibility index (Phi) is 6.09. The van der Waals surface area contributed by atoms with Gasteiger partial charge in [-0.3, -0.25) is 0 Å². The van der Waals surface area contributed by atoms with Crippen LogP contribution in [0.3, 0.4) is 0 Å². The van der Waals surface area contributed by atoms with Gasteiger partial charge >= 0.3 is 0 Å². The van der Waals surface area contributed by atoms with Crippen molar-refractivity contribution in [2.24, 2.45) is 0 Å². The van der Waals surface area contributed by atoms with E-state index in [9.17, 15) is 35.7 Å². The number of hydrogen-bond acceptors (Lipinski definition) is 7. The van der Waals surface area contributed by atoms with Crippen LogP contribution in [-0.2, 0) is 6.61 Å². The lowest BCUT2D eigenvalue weighted by Gasteiger charge is -2.23. The Bertz CT molecular complexity index is 1550. The molecule has 36 heavy (non-hydrogen) atoms. The summed E-state index contributed by atoms with van der Waals surface area (Å²) in [7, 11) is 0. The van der Waals surface area contributed by atoms with E-state index in [1.165, 1.54) is 6.07 Å². The van der Waals surface area contributed by atoms with Crippen LogP contribution in [0.25, 0.3) is 32.7 Å². The first kappa shape index (κ1) is 25.3. The standard InChI is InChI=1S/C29H32O7/c1-11(2)20-15-7-13(5)22(25(32)16(15)9-19(31)27(20)34)23-14(6)8-17-21(12(3)4)29(36)26(33)18(10-30)24(17)28(23)35/h7-9,11-12,30-36H,10H2,1-6H3. The van der Waals surface area contributed by atoms with E-state index in [1.54, 1.807) is 26.0 Å². The maximum absolute atomic E-state index is 11.6. The van der Waals surface area contributed by atoms with Gasteiger partial charge in [-0.05, 0) is 53.6 Å². The molecule has 0 aliphatic carbocycles. The van der Waals surface area contributed by atoms with Crippen LogP contribution < -0.4 is 0 Å². The molecule has 0 aliphatic rings. The quantitative estimate of drug-likeness (QED) is 0.167. The molecule has 0 saturated carbocycles. The molecule has 0 radical (unpaired) electrons. The van der Waals surface area contributed by atoms with Crippen molar-refractivity contribution in [2.45, 2.75) is 60.0 Å². The summed E-state index contributed by atoms with van der Waals surface area (Å²) in [6, 6.07) is 4.85. The van der Waals surface area contributed by atoms with Crippen molar-refractivity contribution < 1.29 is 35.7 Å². The first-order valence-corrected chi connectivity index (χ1v) is 11.9. The number of fused-ring (bicyclic) bond motifs is 2. The first-order chi connectivity index (χ1) is 16.8. The molecule has 4 rings (SSSR count). The third kappa shape index (κ3) is 3.45. The number of hydrogen-bond donors (Lipinski definition) is 7. The lowest BCUT2D eigenvalue weighted by molar-refractivity contribution is 0.274. The minimum atomic E-state index is -0.627. The largest absolute Gasteiger partial charge is 0.507 e. The van der Waals surface area contributed by atoms with E-state index in [2.05, 4.69) is 0 Å². The van der Waals surface area contributed by atoms with Crippen molar-refractivity contribution in [3.8, 4) is 45.6 Å². The van der Waals surface area contributed by atoms with Crippen LogP contribution in [0.2, 0.25) is 0 Å². The topological polar surface area (TPSA) is 142 Å². The normalized spacial score (nSPS) is 11.9. The lowest BCUT2D eigenvalue weighted by atomic mass is 9.84. The SMILES string of the molecule is Cc1cc2c(C(C)C)c(O)c(O)cc2c(O)c1-c1c(C)cc2c(C(C)C)c(O)c(O)c(CO)c2c1O. The Balaban J connectivity index is 2.20. The fourth-order valence-electron chi connectivity index (χ4n) is 5.44. The van der Waals surface area contributed by atoms with Crippen molar-refractivity contribution in [3.05, 3.63) is 46.0 Å². The summed E-state index contributed by atoms with van der Waals surface area (Å²) in [6.45, 7) is 10.3. The average molecular weight is 493 g/mol. The maximum Gasteiger partial charge on any atom is 0.164 e. The number of aliphatic hydroxyl groups excluding tert-OH is 1. The number of aliphatic hydroxyl groups is 1. The summed E-state index contributed by atoms with van der Waals surface area (Å²) in [5.74, 6) is -2.21. The van der Waals surface area contributed by atoms with Gasteiger partial charge in [-0.1, -0.05) is 39.8 Å². The van der Waals surface area contributed by atoms with Crippen molar-refractivity contribution in [1.29, 1.82) is 0 Å². The fraction of sp³-hybridized carbons (Fsp3) is 0.310. The second kappa shape index (κ2) is 8.68. The molecule has 4 aromatic carbocycles. The molecule has 0 unspecified atom stereocenters. The van der Waals surface area contributed by atoms with Gasteiger partial charge in [0.05, 0.1) is 6.61 Å². The highest BCUT2D eigenvalue weighted by Gasteiger charge is 2.28. The molecule has 0 spiro atoms. The van der Waals surface area contributed by atoms with Gasteiger partial charge < -0.3 is 35.7 Å². The summed E-state index contributed by atoms with van der Waals surface area (Å²) in [5, 5.41) is 76.8. The number of rotatable bonds is 4. The average Bonchev–Trinajstić information content (AvgIpc) is 2.78. The summed E-state index contributed by atoms with van der Waals surface area (Å²) in [5.41, 5.74) is 2.75. The molecule has 0 amide bonds. The molecular formula is C29H32O7. The Morgan fingerprint density at radius 1 is 0.583 bits per heavy atom. The van der Waals surface area contributed by atoms with Crippen LogP contribution in [0.15, 0.2) is 18.2 Å². The zero-order valence-electron chi connectivity index (χ0n) is 21.2. The predicted molar refractivity (Wildman–Crippen MR) is 140 cm³/mol. The van der Waals surface area contributed by atoms with Gasteiger partial charge in [0.25, 0.3) is 0 Å². The Labute approximate surface area is 209 Å². The number of benzene rings is 4. The highest BCUT2D eigenvalue weighted by atomic mass is 16.3. The third-order valence-corrected chi connectivity index (χ3v) is 7.02. The number of phenolic OH excluding ortho intramolecular Hbond substituents is 5. The first-order valence-electron chi connectivity index (χ1n) is 11.9. The van der Waals surface area contributed by atoms with Crippen LogP contribution in [0.5, 0.6) is 34.5 Å². The van der Waals surface area contributed by atoms with Crippen molar-refractivity contribution in [2.75, 3.05) is 0 Å². The Hall–Kier alpha value is -3.84. The molecule has 0 atom stereocenters. The van der Waals surface area contributed by atoms with E-state index in [0.29, 0.717) is 49.5 Å². The van der Waals surface area contributed by atoms with Crippen molar-refractivity contribution in [3.63, 3.8) is 0 Å². The van der Waals surface area contributed by atoms with E-state index in [0.717, 1.165) is 0 Å². The highest BCUT2D eigenvalue weighted by Crippen LogP contribution is 2.53. The second-order valence-corrected chi connectivity index (χ2v) is 10.1. The second-order valence-electron chi connectivity index (χ2n) is 10.1. The zero-order valence-corrected chi connectivity index (χ0v) is 21.2. The van der Waals surface area contributed by atoms with Crippen LogP contribution in [0, 0.1) is 13.8 Å². The molecule has 4 aromatic rings. The molecule has 0 aliphatic heterocycles. The molecule has 0 saturated heterocycles. The van der Waals surface area contributed by atoms with Crippen LogP contribution >= 0.6 is 0 Å². The molecule has 0 fully saturated rings. The van der Waals surface area contributed by atoms with E-state index < -0.39 is 12.4 Å². The summed E-state index contributed by atoms with van der Waals surface area (Å²) < 4.78 is 0. The smallest absolute Gasteiger partial charge is 0.164 e. The molecule has 7 N–H and O–H groups in total. The van der Waals surface area contributed by atoms with Crippen LogP contribution in [0.1, 0.15) is 67.3 Å². The monoisotopic (exact) mass is 492 g/mol. The highest BCUT2D eigenvalue weighted by molar-refractivity contribution is 6.07. The van der Waals surface area contributed by atoms with E-state index in [4.69, 9.17) is 0 Å². The summed E-state index contributed by atoms with van der Waals surface area (Å²) in [6.07, 6.45) is 0. The zero-order chi connectivity index (χ0) is 26.8.